The van der Waals surface area contributed by atoms with E-state index in [1.165, 1.54) is 6.07 Å². The largest absolute Gasteiger partial charge is 0.373 e. The van der Waals surface area contributed by atoms with Crippen LogP contribution in [0.5, 0.6) is 0 Å². The first-order valence-corrected chi connectivity index (χ1v) is 9.12. The number of hydrogen-bond donors (Lipinski definition) is 2. The van der Waals surface area contributed by atoms with Crippen molar-refractivity contribution >= 4 is 40.7 Å². The highest BCUT2D eigenvalue weighted by Crippen LogP contribution is 2.35. The fraction of sp³-hybridized carbons (Fsp3) is 0.421. The summed E-state index contributed by atoms with van der Waals surface area (Å²) >= 11 is 6.08. The van der Waals surface area contributed by atoms with Gasteiger partial charge in [0.25, 0.3) is 5.91 Å². The van der Waals surface area contributed by atoms with Crippen LogP contribution in [0.3, 0.4) is 0 Å². The zero-order chi connectivity index (χ0) is 20.3. The fourth-order valence-corrected chi connectivity index (χ4v) is 2.91. The summed E-state index contributed by atoms with van der Waals surface area (Å²) in [5.41, 5.74) is 1.15. The number of amides is 3. The van der Waals surface area contributed by atoms with Crippen LogP contribution in [-0.4, -0.2) is 30.3 Å². The third-order valence-corrected chi connectivity index (χ3v) is 4.55. The number of carbonyl (C=O) groups excluding carboxylic acids is 3. The van der Waals surface area contributed by atoms with Gasteiger partial charge in [-0.2, -0.15) is 0 Å². The number of nitrogens with one attached hydrogen (secondary N) is 2. The molecule has 1 fully saturated rings. The molecule has 146 valence electrons. The molecule has 1 aliphatic heterocycles. The van der Waals surface area contributed by atoms with Crippen LogP contribution in [0.15, 0.2) is 23.3 Å². The Labute approximate surface area is 162 Å². The van der Waals surface area contributed by atoms with Gasteiger partial charge >= 0.3 is 0 Å². The van der Waals surface area contributed by atoms with E-state index in [4.69, 9.17) is 11.6 Å². The molecular weight excluding hydrogens is 373 g/mol. The fourth-order valence-electron chi connectivity index (χ4n) is 2.71. The number of halogens is 2. The molecular formula is C19H23ClFN3O3. The lowest BCUT2D eigenvalue weighted by Gasteiger charge is -2.20. The summed E-state index contributed by atoms with van der Waals surface area (Å²) in [5.74, 6) is -2.07. The van der Waals surface area contributed by atoms with Crippen molar-refractivity contribution in [3.05, 3.63) is 34.1 Å². The van der Waals surface area contributed by atoms with Gasteiger partial charge in [0.1, 0.15) is 11.9 Å². The normalized spacial score (nSPS) is 15.2. The number of anilines is 2. The smallest absolute Gasteiger partial charge is 0.261 e. The topological polar surface area (TPSA) is 78.5 Å². The standard InChI is InChI=1S/C19H23ClFN3O3/c1-5-6-22-18(26)11(4)23-15-9-16(14(21)8-13(15)20)24-17(25)7-12(10(2)3)19(24)27/h8-9,11,23H,5-7H2,1-4H3,(H,22,26). The number of hydrogen-bond acceptors (Lipinski definition) is 4. The molecule has 3 amide bonds. The highest BCUT2D eigenvalue weighted by Gasteiger charge is 2.37. The van der Waals surface area contributed by atoms with Crippen molar-refractivity contribution in [2.45, 2.75) is 46.6 Å². The van der Waals surface area contributed by atoms with Crippen LogP contribution in [0.2, 0.25) is 5.02 Å². The van der Waals surface area contributed by atoms with Gasteiger partial charge in [0.15, 0.2) is 0 Å². The van der Waals surface area contributed by atoms with Crippen molar-refractivity contribution in [3.8, 4) is 0 Å². The molecule has 6 nitrogen and oxygen atoms in total. The van der Waals surface area contributed by atoms with Gasteiger partial charge in [-0.05, 0) is 39.3 Å². The third-order valence-electron chi connectivity index (χ3n) is 4.23. The molecule has 27 heavy (non-hydrogen) atoms. The van der Waals surface area contributed by atoms with Gasteiger partial charge < -0.3 is 10.6 Å². The molecule has 0 saturated carbocycles. The van der Waals surface area contributed by atoms with E-state index in [1.807, 2.05) is 6.92 Å². The quantitative estimate of drug-likeness (QED) is 0.571. The Bertz CT molecular complexity index is 819. The summed E-state index contributed by atoms with van der Waals surface area (Å²) in [4.78, 5) is 37.7. The lowest BCUT2D eigenvalue weighted by molar-refractivity contribution is -0.122. The van der Waals surface area contributed by atoms with E-state index in [9.17, 15) is 18.8 Å². The molecule has 0 spiro atoms. The average molecular weight is 396 g/mol. The zero-order valence-electron chi connectivity index (χ0n) is 15.8. The lowest BCUT2D eigenvalue weighted by atomic mass is 10.1. The van der Waals surface area contributed by atoms with Gasteiger partial charge in [-0.15, -0.1) is 0 Å². The maximum atomic E-state index is 14.5. The summed E-state index contributed by atoms with van der Waals surface area (Å²) in [6.45, 7) is 7.57. The minimum atomic E-state index is -0.787. The molecule has 2 N–H and O–H groups in total. The molecule has 1 saturated heterocycles. The summed E-state index contributed by atoms with van der Waals surface area (Å²) in [6.07, 6.45) is 0.730. The zero-order valence-corrected chi connectivity index (χ0v) is 16.5. The van der Waals surface area contributed by atoms with E-state index in [-0.39, 0.29) is 28.7 Å². The molecule has 1 heterocycles. The van der Waals surface area contributed by atoms with Crippen LogP contribution in [0.4, 0.5) is 15.8 Å². The molecule has 0 aromatic heterocycles. The Morgan fingerprint density at radius 1 is 1.33 bits per heavy atom. The summed E-state index contributed by atoms with van der Waals surface area (Å²) in [7, 11) is 0. The Morgan fingerprint density at radius 2 is 2.00 bits per heavy atom. The second kappa shape index (κ2) is 8.52. The Kier molecular flexibility index (Phi) is 6.59. The van der Waals surface area contributed by atoms with E-state index in [0.717, 1.165) is 17.4 Å². The monoisotopic (exact) mass is 395 g/mol. The Balaban J connectivity index is 2.34. The molecule has 1 aromatic carbocycles. The van der Waals surface area contributed by atoms with Crippen LogP contribution in [0.1, 0.15) is 40.5 Å². The van der Waals surface area contributed by atoms with Crippen LogP contribution < -0.4 is 15.5 Å². The Morgan fingerprint density at radius 3 is 2.56 bits per heavy atom. The second-order valence-electron chi connectivity index (χ2n) is 6.63. The van der Waals surface area contributed by atoms with Crippen LogP contribution >= 0.6 is 11.6 Å². The van der Waals surface area contributed by atoms with E-state index < -0.39 is 23.7 Å². The van der Waals surface area contributed by atoms with Crippen molar-refractivity contribution in [1.29, 1.82) is 0 Å². The van der Waals surface area contributed by atoms with E-state index >= 15 is 0 Å². The van der Waals surface area contributed by atoms with Crippen molar-refractivity contribution in [1.82, 2.24) is 5.32 Å². The van der Waals surface area contributed by atoms with Crippen LogP contribution in [-0.2, 0) is 14.4 Å². The maximum absolute atomic E-state index is 14.5. The van der Waals surface area contributed by atoms with Gasteiger partial charge in [-0.3, -0.25) is 14.4 Å². The lowest BCUT2D eigenvalue weighted by Crippen LogP contribution is -2.38. The highest BCUT2D eigenvalue weighted by atomic mass is 35.5. The molecule has 1 atom stereocenters. The molecule has 1 unspecified atom stereocenters. The van der Waals surface area contributed by atoms with Crippen molar-refractivity contribution in [2.24, 2.45) is 0 Å². The van der Waals surface area contributed by atoms with Gasteiger partial charge in [-0.1, -0.05) is 24.1 Å². The first-order chi connectivity index (χ1) is 12.7. The predicted octanol–water partition coefficient (Wildman–Crippen LogP) is 3.41. The minimum Gasteiger partial charge on any atom is -0.373 e. The van der Waals surface area contributed by atoms with Gasteiger partial charge in [0.05, 0.1) is 22.8 Å². The summed E-state index contributed by atoms with van der Waals surface area (Å²) in [6, 6.07) is 1.67. The van der Waals surface area contributed by atoms with Crippen LogP contribution in [0, 0.1) is 5.82 Å². The first-order valence-electron chi connectivity index (χ1n) is 8.74. The van der Waals surface area contributed by atoms with Crippen molar-refractivity contribution in [2.75, 3.05) is 16.8 Å². The van der Waals surface area contributed by atoms with Crippen molar-refractivity contribution in [3.63, 3.8) is 0 Å². The third kappa shape index (κ3) is 4.47. The molecule has 1 aliphatic rings. The molecule has 0 radical (unpaired) electrons. The predicted molar refractivity (Wildman–Crippen MR) is 103 cm³/mol. The van der Waals surface area contributed by atoms with Gasteiger partial charge in [0.2, 0.25) is 11.8 Å². The molecule has 0 bridgehead atoms. The summed E-state index contributed by atoms with van der Waals surface area (Å²) in [5, 5.41) is 5.69. The number of benzene rings is 1. The molecule has 0 aliphatic carbocycles. The number of allylic oxidation sites excluding steroid dienone is 1. The highest BCUT2D eigenvalue weighted by molar-refractivity contribution is 6.34. The summed E-state index contributed by atoms with van der Waals surface area (Å²) < 4.78 is 14.5. The average Bonchev–Trinajstić information content (AvgIpc) is 2.90. The Hall–Kier alpha value is -2.41. The molecule has 2 rings (SSSR count). The van der Waals surface area contributed by atoms with Crippen molar-refractivity contribution < 1.29 is 18.8 Å². The number of nitrogens with zero attached hydrogens (tertiary/aromatic N) is 1. The maximum Gasteiger partial charge on any atom is 0.261 e. The number of carbonyl (C=O) groups is 3. The number of imide groups is 1. The van der Waals surface area contributed by atoms with Gasteiger partial charge in [-0.25, -0.2) is 9.29 Å². The second-order valence-corrected chi connectivity index (χ2v) is 7.04. The minimum absolute atomic E-state index is 0.0490. The van der Waals surface area contributed by atoms with Gasteiger partial charge in [0, 0.05) is 12.1 Å². The molecule has 8 heteroatoms. The number of rotatable bonds is 6. The SMILES string of the molecule is CCCNC(=O)C(C)Nc1cc(N2C(=O)CC(=C(C)C)C2=O)c(F)cc1Cl. The van der Waals surface area contributed by atoms with E-state index in [1.54, 1.807) is 20.8 Å². The molecule has 1 aromatic rings. The van der Waals surface area contributed by atoms with Crippen LogP contribution in [0.25, 0.3) is 0 Å². The van der Waals surface area contributed by atoms with E-state index in [0.29, 0.717) is 17.7 Å². The van der Waals surface area contributed by atoms with E-state index in [2.05, 4.69) is 10.6 Å². The first kappa shape index (κ1) is 20.9.